The van der Waals surface area contributed by atoms with E-state index >= 15 is 0 Å². The van der Waals surface area contributed by atoms with E-state index in [4.69, 9.17) is 0 Å². The molecule has 0 aliphatic heterocycles. The fourth-order valence-electron chi connectivity index (χ4n) is 1.23. The zero-order valence-corrected chi connectivity index (χ0v) is 8.91. The lowest BCUT2D eigenvalue weighted by molar-refractivity contribution is 0.496. The first kappa shape index (κ1) is 10.9. The first-order chi connectivity index (χ1) is 7.63. The number of nitrogens with zero attached hydrogens (tertiary/aromatic N) is 2. The molecule has 16 heavy (non-hydrogen) atoms. The van der Waals surface area contributed by atoms with Crippen LogP contribution in [-0.4, -0.2) is 15.8 Å². The van der Waals surface area contributed by atoms with Gasteiger partial charge in [0, 0.05) is 18.7 Å². The van der Waals surface area contributed by atoms with Gasteiger partial charge in [0.1, 0.15) is 11.5 Å². The number of anilines is 1. The van der Waals surface area contributed by atoms with Gasteiger partial charge < -0.3 is 5.32 Å². The van der Waals surface area contributed by atoms with Gasteiger partial charge in [-0.3, -0.25) is 0 Å². The summed E-state index contributed by atoms with van der Waals surface area (Å²) in [6.07, 6.45) is 0. The summed E-state index contributed by atoms with van der Waals surface area (Å²) in [4.78, 5) is 0. The minimum Gasteiger partial charge on any atom is -0.370 e. The van der Waals surface area contributed by atoms with E-state index in [0.717, 1.165) is 17.8 Å². The number of hydrogen-bond donors (Lipinski definition) is 1. The topological polar surface area (TPSA) is 37.8 Å². The third-order valence-corrected chi connectivity index (χ3v) is 2.52. The van der Waals surface area contributed by atoms with Crippen molar-refractivity contribution in [3.8, 4) is 11.3 Å². The van der Waals surface area contributed by atoms with E-state index in [1.165, 1.54) is 0 Å². The van der Waals surface area contributed by atoms with E-state index in [1.807, 2.05) is 0 Å². The minimum atomic E-state index is -1.23. The largest absolute Gasteiger partial charge is 0.370 e. The van der Waals surface area contributed by atoms with Crippen LogP contribution in [0.2, 0.25) is 0 Å². The molecule has 0 fully saturated rings. The summed E-state index contributed by atoms with van der Waals surface area (Å²) in [7, 11) is 1.58. The van der Waals surface area contributed by atoms with Crippen molar-refractivity contribution < 1.29 is 13.2 Å². The molecular weight excluding hydrogens is 239 g/mol. The standard InChI is InChI=1S/C9H6F3N3S/c1-13-9-8(14-16-15-9)4-2-6(11)7(12)3-5(4)10/h2-3H,1H3,(H,13,15). The Morgan fingerprint density at radius 1 is 1.06 bits per heavy atom. The van der Waals surface area contributed by atoms with E-state index in [2.05, 4.69) is 14.1 Å². The van der Waals surface area contributed by atoms with Crippen molar-refractivity contribution in [2.45, 2.75) is 0 Å². The molecule has 1 aromatic carbocycles. The van der Waals surface area contributed by atoms with E-state index in [-0.39, 0.29) is 11.3 Å². The Morgan fingerprint density at radius 3 is 2.44 bits per heavy atom. The van der Waals surface area contributed by atoms with Crippen molar-refractivity contribution in [2.75, 3.05) is 12.4 Å². The number of halogens is 3. The maximum atomic E-state index is 13.4. The highest BCUT2D eigenvalue weighted by atomic mass is 32.1. The molecule has 0 radical (unpaired) electrons. The molecule has 0 saturated carbocycles. The summed E-state index contributed by atoms with van der Waals surface area (Å²) < 4.78 is 46.8. The zero-order valence-electron chi connectivity index (χ0n) is 8.09. The van der Waals surface area contributed by atoms with Crippen LogP contribution in [0, 0.1) is 17.5 Å². The first-order valence-corrected chi connectivity index (χ1v) is 5.01. The molecule has 0 amide bonds. The molecule has 2 aromatic rings. The van der Waals surface area contributed by atoms with Crippen LogP contribution in [0.15, 0.2) is 12.1 Å². The van der Waals surface area contributed by atoms with Crippen molar-refractivity contribution in [3.05, 3.63) is 29.6 Å². The van der Waals surface area contributed by atoms with Crippen molar-refractivity contribution in [1.82, 2.24) is 8.75 Å². The van der Waals surface area contributed by atoms with E-state index in [1.54, 1.807) is 7.05 Å². The Balaban J connectivity index is 2.60. The van der Waals surface area contributed by atoms with Gasteiger partial charge in [-0.2, -0.15) is 8.75 Å². The third-order valence-electron chi connectivity index (χ3n) is 1.99. The van der Waals surface area contributed by atoms with Gasteiger partial charge in [-0.05, 0) is 6.07 Å². The highest BCUT2D eigenvalue weighted by molar-refractivity contribution is 6.99. The molecule has 84 valence electrons. The van der Waals surface area contributed by atoms with Crippen LogP contribution in [0.3, 0.4) is 0 Å². The number of aromatic nitrogens is 2. The van der Waals surface area contributed by atoms with Crippen molar-refractivity contribution in [2.24, 2.45) is 0 Å². The Kier molecular flexibility index (Phi) is 2.78. The van der Waals surface area contributed by atoms with Gasteiger partial charge in [-0.15, -0.1) is 0 Å². The summed E-state index contributed by atoms with van der Waals surface area (Å²) in [6, 6.07) is 1.26. The average molecular weight is 245 g/mol. The Bertz CT molecular complexity index is 527. The quantitative estimate of drug-likeness (QED) is 0.826. The zero-order chi connectivity index (χ0) is 11.7. The van der Waals surface area contributed by atoms with Gasteiger partial charge in [0.15, 0.2) is 17.5 Å². The highest BCUT2D eigenvalue weighted by Crippen LogP contribution is 2.29. The summed E-state index contributed by atoms with van der Waals surface area (Å²) in [6.45, 7) is 0. The molecule has 0 aliphatic carbocycles. The van der Waals surface area contributed by atoms with Gasteiger partial charge >= 0.3 is 0 Å². The number of nitrogens with one attached hydrogen (secondary N) is 1. The van der Waals surface area contributed by atoms with Crippen molar-refractivity contribution in [3.63, 3.8) is 0 Å². The van der Waals surface area contributed by atoms with Gasteiger partial charge in [-0.25, -0.2) is 13.2 Å². The Morgan fingerprint density at radius 2 is 1.75 bits per heavy atom. The van der Waals surface area contributed by atoms with Gasteiger partial charge in [0.25, 0.3) is 0 Å². The SMILES string of the molecule is CNc1nsnc1-c1cc(F)c(F)cc1F. The normalized spacial score (nSPS) is 10.5. The summed E-state index contributed by atoms with van der Waals surface area (Å²) in [5, 5.41) is 2.69. The van der Waals surface area contributed by atoms with Crippen LogP contribution >= 0.6 is 11.7 Å². The van der Waals surface area contributed by atoms with Crippen LogP contribution in [-0.2, 0) is 0 Å². The van der Waals surface area contributed by atoms with E-state index in [9.17, 15) is 13.2 Å². The van der Waals surface area contributed by atoms with E-state index < -0.39 is 17.5 Å². The molecule has 3 nitrogen and oxygen atoms in total. The second-order valence-electron chi connectivity index (χ2n) is 2.96. The number of hydrogen-bond acceptors (Lipinski definition) is 4. The molecule has 0 unspecified atom stereocenters. The predicted octanol–water partition coefficient (Wildman–Crippen LogP) is 2.66. The Hall–Kier alpha value is -1.63. The lowest BCUT2D eigenvalue weighted by atomic mass is 10.1. The third kappa shape index (κ3) is 1.73. The summed E-state index contributed by atoms with van der Waals surface area (Å²) in [5.41, 5.74) is 0.0564. The summed E-state index contributed by atoms with van der Waals surface area (Å²) in [5.74, 6) is -2.89. The van der Waals surface area contributed by atoms with Gasteiger partial charge in [0.2, 0.25) is 0 Å². The average Bonchev–Trinajstić information content (AvgIpc) is 2.71. The van der Waals surface area contributed by atoms with Gasteiger partial charge in [0.05, 0.1) is 11.7 Å². The number of rotatable bonds is 2. The monoisotopic (exact) mass is 245 g/mol. The molecule has 0 bridgehead atoms. The Labute approximate surface area is 93.3 Å². The number of benzene rings is 1. The molecule has 2 rings (SSSR count). The van der Waals surface area contributed by atoms with Crippen LogP contribution in [0.1, 0.15) is 0 Å². The highest BCUT2D eigenvalue weighted by Gasteiger charge is 2.17. The molecule has 1 heterocycles. The molecule has 1 aromatic heterocycles. The second kappa shape index (κ2) is 4.09. The van der Waals surface area contributed by atoms with Crippen LogP contribution in [0.25, 0.3) is 11.3 Å². The molecule has 0 spiro atoms. The van der Waals surface area contributed by atoms with Gasteiger partial charge in [-0.1, -0.05) is 0 Å². The first-order valence-electron chi connectivity index (χ1n) is 4.28. The van der Waals surface area contributed by atoms with Crippen molar-refractivity contribution in [1.29, 1.82) is 0 Å². The molecule has 1 N–H and O–H groups in total. The maximum absolute atomic E-state index is 13.4. The lowest BCUT2D eigenvalue weighted by Crippen LogP contribution is -1.95. The fraction of sp³-hybridized carbons (Fsp3) is 0.111. The lowest BCUT2D eigenvalue weighted by Gasteiger charge is -2.02. The predicted molar refractivity (Wildman–Crippen MR) is 54.8 cm³/mol. The van der Waals surface area contributed by atoms with Crippen molar-refractivity contribution >= 4 is 17.5 Å². The van der Waals surface area contributed by atoms with Crippen LogP contribution < -0.4 is 5.32 Å². The molecule has 0 atom stereocenters. The summed E-state index contributed by atoms with van der Waals surface area (Å²) >= 11 is 0.859. The smallest absolute Gasteiger partial charge is 0.167 e. The van der Waals surface area contributed by atoms with Crippen LogP contribution in [0.4, 0.5) is 19.0 Å². The van der Waals surface area contributed by atoms with Crippen LogP contribution in [0.5, 0.6) is 0 Å². The fourth-order valence-corrected chi connectivity index (χ4v) is 1.80. The second-order valence-corrected chi connectivity index (χ2v) is 3.49. The van der Waals surface area contributed by atoms with E-state index in [0.29, 0.717) is 11.9 Å². The molecule has 0 saturated heterocycles. The molecule has 7 heteroatoms. The minimum absolute atomic E-state index is 0.114. The molecule has 0 aliphatic rings. The molecular formula is C9H6F3N3S. The maximum Gasteiger partial charge on any atom is 0.167 e.